The van der Waals surface area contributed by atoms with Crippen LogP contribution in [0.3, 0.4) is 0 Å². The van der Waals surface area contributed by atoms with Crippen LogP contribution in [0.5, 0.6) is 0 Å². The molecule has 0 N–H and O–H groups in total. The van der Waals surface area contributed by atoms with Crippen LogP contribution in [0, 0.1) is 5.92 Å². The van der Waals surface area contributed by atoms with Crippen molar-refractivity contribution in [2.75, 3.05) is 13.1 Å². The number of likely N-dealkylation sites (tertiary alicyclic amines) is 1. The normalized spacial score (nSPS) is 15.4. The van der Waals surface area contributed by atoms with Crippen molar-refractivity contribution in [3.05, 3.63) is 107 Å². The molecule has 4 aromatic rings. The van der Waals surface area contributed by atoms with Gasteiger partial charge >= 0.3 is 0 Å². The van der Waals surface area contributed by atoms with E-state index in [1.807, 2.05) is 18.2 Å². The number of aryl methyl sites for hydroxylation is 1. The van der Waals surface area contributed by atoms with Gasteiger partial charge in [0.05, 0.1) is 0 Å². The minimum Gasteiger partial charge on any atom is -0.347 e. The van der Waals surface area contributed by atoms with Gasteiger partial charge in [0.1, 0.15) is 0 Å². The Morgan fingerprint density at radius 2 is 1.71 bits per heavy atom. The van der Waals surface area contributed by atoms with E-state index in [1.54, 1.807) is 0 Å². The molecule has 1 amide bonds. The molecule has 1 aromatic heterocycles. The summed E-state index contributed by atoms with van der Waals surface area (Å²) in [5.74, 6) is 0.857. The van der Waals surface area contributed by atoms with Crippen LogP contribution in [-0.4, -0.2) is 28.5 Å². The van der Waals surface area contributed by atoms with E-state index in [0.717, 1.165) is 44.5 Å². The number of rotatable bonds is 7. The second kappa shape index (κ2) is 10.7. The molecular weight excluding hydrogens is 452 g/mol. The first-order valence-corrected chi connectivity index (χ1v) is 13.1. The fourth-order valence-electron chi connectivity index (χ4n) is 5.58. The zero-order chi connectivity index (χ0) is 24.2. The first kappa shape index (κ1) is 23.7. The number of para-hydroxylation sites is 1. The van der Waals surface area contributed by atoms with Crippen LogP contribution >= 0.6 is 11.6 Å². The third-order valence-electron chi connectivity index (χ3n) is 7.50. The lowest BCUT2D eigenvalue weighted by Gasteiger charge is -2.33. The third kappa shape index (κ3) is 5.31. The number of hydrogen-bond acceptors (Lipinski definition) is 1. The molecule has 1 atom stereocenters. The molecule has 180 valence electrons. The maximum absolute atomic E-state index is 13.6. The molecule has 1 fully saturated rings. The number of benzene rings is 3. The van der Waals surface area contributed by atoms with E-state index < -0.39 is 0 Å². The van der Waals surface area contributed by atoms with Crippen molar-refractivity contribution in [3.63, 3.8) is 0 Å². The van der Waals surface area contributed by atoms with Gasteiger partial charge in [0.25, 0.3) is 0 Å². The van der Waals surface area contributed by atoms with Crippen LogP contribution in [0.4, 0.5) is 0 Å². The van der Waals surface area contributed by atoms with Crippen molar-refractivity contribution in [1.82, 2.24) is 9.47 Å². The fourth-order valence-corrected chi connectivity index (χ4v) is 5.78. The summed E-state index contributed by atoms with van der Waals surface area (Å²) in [6.45, 7) is 4.74. The maximum Gasteiger partial charge on any atom is 0.223 e. The smallest absolute Gasteiger partial charge is 0.223 e. The molecule has 0 spiro atoms. The summed E-state index contributed by atoms with van der Waals surface area (Å²) in [7, 11) is 0. The van der Waals surface area contributed by atoms with E-state index >= 15 is 0 Å². The molecule has 0 saturated carbocycles. The lowest BCUT2D eigenvalue weighted by Crippen LogP contribution is -2.39. The zero-order valence-electron chi connectivity index (χ0n) is 20.4. The summed E-state index contributed by atoms with van der Waals surface area (Å²) < 4.78 is 2.28. The SMILES string of the molecule is CCn1cc(C(CC(=O)N2CCC(Cc3ccccc3)CC2)c2cccc(Cl)c2)c2ccccc21. The highest BCUT2D eigenvalue weighted by Gasteiger charge is 2.28. The number of piperidine rings is 1. The average molecular weight is 485 g/mol. The largest absolute Gasteiger partial charge is 0.347 e. The predicted octanol–water partition coefficient (Wildman–Crippen LogP) is 7.32. The quantitative estimate of drug-likeness (QED) is 0.270. The molecule has 5 rings (SSSR count). The number of aromatic nitrogens is 1. The Balaban J connectivity index is 1.36. The van der Waals surface area contributed by atoms with E-state index in [1.165, 1.54) is 22.0 Å². The van der Waals surface area contributed by atoms with Crippen LogP contribution in [0.2, 0.25) is 5.02 Å². The van der Waals surface area contributed by atoms with E-state index in [4.69, 9.17) is 11.6 Å². The van der Waals surface area contributed by atoms with Gasteiger partial charge in [-0.3, -0.25) is 4.79 Å². The summed E-state index contributed by atoms with van der Waals surface area (Å²) in [6, 6.07) is 27.2. The van der Waals surface area contributed by atoms with Gasteiger partial charge in [-0.15, -0.1) is 0 Å². The maximum atomic E-state index is 13.6. The van der Waals surface area contributed by atoms with Crippen molar-refractivity contribution in [3.8, 4) is 0 Å². The molecule has 0 aliphatic carbocycles. The van der Waals surface area contributed by atoms with Gasteiger partial charge in [0.2, 0.25) is 5.91 Å². The van der Waals surface area contributed by atoms with E-state index in [0.29, 0.717) is 17.4 Å². The molecule has 0 bridgehead atoms. The molecule has 1 aliphatic rings. The van der Waals surface area contributed by atoms with E-state index in [-0.39, 0.29) is 11.8 Å². The topological polar surface area (TPSA) is 25.2 Å². The lowest BCUT2D eigenvalue weighted by atomic mass is 9.86. The number of nitrogens with zero attached hydrogens (tertiary/aromatic N) is 2. The zero-order valence-corrected chi connectivity index (χ0v) is 21.1. The van der Waals surface area contributed by atoms with Crippen molar-refractivity contribution in [2.45, 2.75) is 45.1 Å². The molecule has 1 unspecified atom stereocenters. The summed E-state index contributed by atoms with van der Waals surface area (Å²) in [5, 5.41) is 1.93. The van der Waals surface area contributed by atoms with E-state index in [2.05, 4.69) is 83.3 Å². The first-order chi connectivity index (χ1) is 17.1. The van der Waals surface area contributed by atoms with Crippen LogP contribution in [0.15, 0.2) is 85.1 Å². The lowest BCUT2D eigenvalue weighted by molar-refractivity contribution is -0.132. The molecule has 2 heterocycles. The second-order valence-corrected chi connectivity index (χ2v) is 10.1. The molecule has 0 radical (unpaired) electrons. The monoisotopic (exact) mass is 484 g/mol. The summed E-state index contributed by atoms with van der Waals surface area (Å²) in [4.78, 5) is 15.7. The van der Waals surface area contributed by atoms with Gasteiger partial charge in [-0.05, 0) is 67.0 Å². The molecule has 4 heteroatoms. The Morgan fingerprint density at radius 3 is 2.46 bits per heavy atom. The Labute approximate surface area is 213 Å². The molecular formula is C31H33ClN2O. The number of hydrogen-bond donors (Lipinski definition) is 0. The highest BCUT2D eigenvalue weighted by atomic mass is 35.5. The van der Waals surface area contributed by atoms with Crippen LogP contribution in [-0.2, 0) is 17.8 Å². The minimum absolute atomic E-state index is 0.0269. The van der Waals surface area contributed by atoms with Crippen molar-refractivity contribution in [2.24, 2.45) is 5.92 Å². The average Bonchev–Trinajstić information content (AvgIpc) is 3.27. The summed E-state index contributed by atoms with van der Waals surface area (Å²) >= 11 is 6.39. The van der Waals surface area contributed by atoms with Gasteiger partial charge in [-0.1, -0.05) is 72.3 Å². The number of amides is 1. The number of halogens is 1. The summed E-state index contributed by atoms with van der Waals surface area (Å²) in [5.41, 5.74) is 4.91. The fraction of sp³-hybridized carbons (Fsp3) is 0.323. The van der Waals surface area contributed by atoms with Gasteiger partial charge in [-0.25, -0.2) is 0 Å². The first-order valence-electron chi connectivity index (χ1n) is 12.8. The van der Waals surface area contributed by atoms with Gasteiger partial charge in [-0.2, -0.15) is 0 Å². The Hall–Kier alpha value is -3.04. The van der Waals surface area contributed by atoms with Crippen molar-refractivity contribution >= 4 is 28.4 Å². The molecule has 1 aliphatic heterocycles. The Bertz CT molecular complexity index is 1290. The predicted molar refractivity (Wildman–Crippen MR) is 145 cm³/mol. The Morgan fingerprint density at radius 1 is 0.971 bits per heavy atom. The second-order valence-electron chi connectivity index (χ2n) is 9.71. The Kier molecular flexibility index (Phi) is 7.24. The molecule has 3 nitrogen and oxygen atoms in total. The van der Waals surface area contributed by atoms with Gasteiger partial charge in [0.15, 0.2) is 0 Å². The number of fused-ring (bicyclic) bond motifs is 1. The van der Waals surface area contributed by atoms with E-state index in [9.17, 15) is 4.79 Å². The van der Waals surface area contributed by atoms with Crippen molar-refractivity contribution in [1.29, 1.82) is 0 Å². The number of carbonyl (C=O) groups excluding carboxylic acids is 1. The highest BCUT2D eigenvalue weighted by molar-refractivity contribution is 6.30. The van der Waals surface area contributed by atoms with Gasteiger partial charge < -0.3 is 9.47 Å². The van der Waals surface area contributed by atoms with Gasteiger partial charge in [0, 0.05) is 54.1 Å². The third-order valence-corrected chi connectivity index (χ3v) is 7.73. The molecule has 35 heavy (non-hydrogen) atoms. The summed E-state index contributed by atoms with van der Waals surface area (Å²) in [6.07, 6.45) is 5.93. The molecule has 1 saturated heterocycles. The minimum atomic E-state index is -0.0269. The van der Waals surface area contributed by atoms with Crippen LogP contribution in [0.25, 0.3) is 10.9 Å². The van der Waals surface area contributed by atoms with Crippen LogP contribution < -0.4 is 0 Å². The molecule has 3 aromatic carbocycles. The van der Waals surface area contributed by atoms with Crippen molar-refractivity contribution < 1.29 is 4.79 Å². The van der Waals surface area contributed by atoms with Crippen LogP contribution in [0.1, 0.15) is 48.8 Å². The standard InChI is InChI=1S/C31H33ClN2O/c1-2-33-22-29(27-13-6-7-14-30(27)33)28(25-11-8-12-26(32)20-25)21-31(35)34-17-15-24(16-18-34)19-23-9-4-3-5-10-23/h3-14,20,22,24,28H,2,15-19,21H2,1H3. The number of carbonyl (C=O) groups is 1. The highest BCUT2D eigenvalue weighted by Crippen LogP contribution is 2.36.